The number of thioether (sulfide) groups is 1. The van der Waals surface area contributed by atoms with Crippen molar-refractivity contribution in [1.29, 1.82) is 0 Å². The normalized spacial score (nSPS) is 21.2. The van der Waals surface area contributed by atoms with Gasteiger partial charge < -0.3 is 15.3 Å². The Bertz CT molecular complexity index is 360. The van der Waals surface area contributed by atoms with Crippen molar-refractivity contribution in [2.45, 2.75) is 55.7 Å². The highest BCUT2D eigenvalue weighted by atomic mass is 32.2. The van der Waals surface area contributed by atoms with Gasteiger partial charge in [-0.3, -0.25) is 4.79 Å². The van der Waals surface area contributed by atoms with E-state index in [1.54, 1.807) is 0 Å². The number of rotatable bonds is 6. The topological polar surface area (TPSA) is 69.6 Å². The summed E-state index contributed by atoms with van der Waals surface area (Å²) in [6.45, 7) is 0.457. The summed E-state index contributed by atoms with van der Waals surface area (Å²) in [6, 6.07) is -0.114. The molecule has 2 amide bonds. The van der Waals surface area contributed by atoms with Crippen molar-refractivity contribution in [2.24, 2.45) is 0 Å². The lowest BCUT2D eigenvalue weighted by Gasteiger charge is -2.41. The zero-order chi connectivity index (χ0) is 14.6. The average molecular weight is 300 g/mol. The molecular weight excluding hydrogens is 276 g/mol. The number of carbonyl (C=O) groups is 2. The largest absolute Gasteiger partial charge is 0.480 e. The number of carboxylic acids is 1. The van der Waals surface area contributed by atoms with E-state index in [9.17, 15) is 9.59 Å². The van der Waals surface area contributed by atoms with Gasteiger partial charge in [-0.15, -0.1) is 0 Å². The van der Waals surface area contributed by atoms with E-state index < -0.39 is 5.97 Å². The van der Waals surface area contributed by atoms with Gasteiger partial charge in [-0.2, -0.15) is 11.8 Å². The lowest BCUT2D eigenvalue weighted by atomic mass is 9.84. The van der Waals surface area contributed by atoms with Gasteiger partial charge in [0.05, 0.1) is 0 Å². The number of nitrogens with zero attached hydrogens (tertiary/aromatic N) is 1. The van der Waals surface area contributed by atoms with E-state index in [1.165, 1.54) is 11.3 Å². The van der Waals surface area contributed by atoms with Crippen LogP contribution in [0.15, 0.2) is 0 Å². The van der Waals surface area contributed by atoms with E-state index in [2.05, 4.69) is 11.6 Å². The van der Waals surface area contributed by atoms with Gasteiger partial charge in [0.15, 0.2) is 0 Å². The Kier molecular flexibility index (Phi) is 5.18. The Morgan fingerprint density at radius 3 is 2.40 bits per heavy atom. The van der Waals surface area contributed by atoms with E-state index >= 15 is 0 Å². The van der Waals surface area contributed by atoms with E-state index in [0.29, 0.717) is 6.54 Å². The number of aliphatic carboxylic acids is 1. The van der Waals surface area contributed by atoms with Crippen molar-refractivity contribution in [3.63, 3.8) is 0 Å². The maximum absolute atomic E-state index is 12.3. The lowest BCUT2D eigenvalue weighted by molar-refractivity contribution is -0.138. The molecule has 0 unspecified atom stereocenters. The molecule has 0 heterocycles. The summed E-state index contributed by atoms with van der Waals surface area (Å²) in [7, 11) is 0. The molecule has 20 heavy (non-hydrogen) atoms. The third kappa shape index (κ3) is 3.59. The zero-order valence-electron chi connectivity index (χ0n) is 12.1. The number of hydrogen-bond donors (Lipinski definition) is 2. The first kappa shape index (κ1) is 15.5. The molecule has 0 atom stereocenters. The van der Waals surface area contributed by atoms with Crippen molar-refractivity contribution in [3.05, 3.63) is 0 Å². The highest BCUT2D eigenvalue weighted by Gasteiger charge is 2.37. The number of carbonyl (C=O) groups excluding carboxylic acids is 1. The Hall–Kier alpha value is -0.910. The molecule has 0 saturated heterocycles. The summed E-state index contributed by atoms with van der Waals surface area (Å²) in [6.07, 6.45) is 9.59. The summed E-state index contributed by atoms with van der Waals surface area (Å²) >= 11 is 1.81. The first-order valence-corrected chi connectivity index (χ1v) is 8.60. The molecule has 2 fully saturated rings. The van der Waals surface area contributed by atoms with Gasteiger partial charge in [-0.25, -0.2) is 4.79 Å². The Morgan fingerprint density at radius 2 is 1.95 bits per heavy atom. The molecule has 0 spiro atoms. The van der Waals surface area contributed by atoms with E-state index in [4.69, 9.17) is 5.11 Å². The van der Waals surface area contributed by atoms with Crippen LogP contribution < -0.4 is 5.32 Å². The van der Waals surface area contributed by atoms with Crippen LogP contribution in [0.2, 0.25) is 0 Å². The zero-order valence-corrected chi connectivity index (χ0v) is 12.9. The second kappa shape index (κ2) is 6.70. The van der Waals surface area contributed by atoms with Crippen LogP contribution in [0, 0.1) is 0 Å². The molecule has 114 valence electrons. The summed E-state index contributed by atoms with van der Waals surface area (Å²) in [5.41, 5.74) is 0. The van der Waals surface area contributed by atoms with Gasteiger partial charge in [0.1, 0.15) is 6.54 Å². The maximum Gasteiger partial charge on any atom is 0.323 e. The molecule has 0 aromatic heterocycles. The van der Waals surface area contributed by atoms with Crippen molar-refractivity contribution < 1.29 is 14.7 Å². The minimum atomic E-state index is -0.935. The molecule has 2 saturated carbocycles. The van der Waals surface area contributed by atoms with Crippen LogP contribution in [0.3, 0.4) is 0 Å². The van der Waals surface area contributed by atoms with Crippen molar-refractivity contribution >= 4 is 23.8 Å². The van der Waals surface area contributed by atoms with Crippen LogP contribution in [0.25, 0.3) is 0 Å². The van der Waals surface area contributed by atoms with E-state index in [0.717, 1.165) is 38.5 Å². The minimum absolute atomic E-state index is 0.0951. The third-order valence-electron chi connectivity index (χ3n) is 4.59. The molecule has 0 bridgehead atoms. The van der Waals surface area contributed by atoms with Crippen LogP contribution >= 0.6 is 11.8 Å². The Morgan fingerprint density at radius 1 is 1.30 bits per heavy atom. The second-order valence-electron chi connectivity index (χ2n) is 5.86. The number of nitrogens with one attached hydrogen (secondary N) is 1. The molecule has 2 aliphatic carbocycles. The molecule has 0 radical (unpaired) electrons. The van der Waals surface area contributed by atoms with Gasteiger partial charge >= 0.3 is 12.0 Å². The first-order valence-electron chi connectivity index (χ1n) is 7.38. The second-order valence-corrected chi connectivity index (χ2v) is 7.13. The van der Waals surface area contributed by atoms with Gasteiger partial charge in [0.2, 0.25) is 0 Å². The molecule has 0 aromatic carbocycles. The van der Waals surface area contributed by atoms with Gasteiger partial charge in [-0.1, -0.05) is 19.3 Å². The summed E-state index contributed by atoms with van der Waals surface area (Å²) in [5.74, 6) is -0.935. The van der Waals surface area contributed by atoms with E-state index in [1.807, 2.05) is 11.8 Å². The fraction of sp³-hybridized carbons (Fsp3) is 0.857. The fourth-order valence-corrected chi connectivity index (χ4v) is 4.00. The van der Waals surface area contributed by atoms with Crippen LogP contribution in [0.5, 0.6) is 0 Å². The van der Waals surface area contributed by atoms with Crippen molar-refractivity contribution in [2.75, 3.05) is 19.3 Å². The SMILES string of the molecule is CSC1(CNC(=O)N(CC(=O)O)C2CCCC2)CCC1. The van der Waals surface area contributed by atoms with Crippen LogP contribution in [-0.4, -0.2) is 52.1 Å². The van der Waals surface area contributed by atoms with Crippen LogP contribution in [-0.2, 0) is 4.79 Å². The summed E-state index contributed by atoms with van der Waals surface area (Å²) in [5, 5.41) is 12.0. The smallest absolute Gasteiger partial charge is 0.323 e. The van der Waals surface area contributed by atoms with Crippen molar-refractivity contribution in [1.82, 2.24) is 10.2 Å². The van der Waals surface area contributed by atoms with Crippen LogP contribution in [0.4, 0.5) is 4.79 Å². The molecule has 2 aliphatic rings. The van der Waals surface area contributed by atoms with Gasteiger partial charge in [0, 0.05) is 17.3 Å². The standard InChI is InChI=1S/C14H24N2O3S/c1-20-14(7-4-8-14)10-15-13(19)16(9-12(17)18)11-5-2-3-6-11/h11H,2-10H2,1H3,(H,15,19)(H,17,18). The Balaban J connectivity index is 1.90. The average Bonchev–Trinajstić information content (AvgIpc) is 2.88. The predicted molar refractivity (Wildman–Crippen MR) is 80.1 cm³/mol. The molecule has 5 nitrogen and oxygen atoms in total. The third-order valence-corrected chi connectivity index (χ3v) is 6.01. The fourth-order valence-electron chi connectivity index (χ4n) is 3.09. The number of hydrogen-bond acceptors (Lipinski definition) is 3. The molecule has 2 N–H and O–H groups in total. The molecule has 6 heteroatoms. The maximum atomic E-state index is 12.3. The predicted octanol–water partition coefficient (Wildman–Crippen LogP) is 2.31. The monoisotopic (exact) mass is 300 g/mol. The quantitative estimate of drug-likeness (QED) is 0.790. The summed E-state index contributed by atoms with van der Waals surface area (Å²) in [4.78, 5) is 24.8. The van der Waals surface area contributed by atoms with Crippen molar-refractivity contribution in [3.8, 4) is 0 Å². The van der Waals surface area contributed by atoms with E-state index in [-0.39, 0.29) is 23.4 Å². The van der Waals surface area contributed by atoms with Gasteiger partial charge in [0.25, 0.3) is 0 Å². The highest BCUT2D eigenvalue weighted by Crippen LogP contribution is 2.42. The first-order chi connectivity index (χ1) is 9.56. The Labute approximate surface area is 124 Å². The molecular formula is C14H24N2O3S. The van der Waals surface area contributed by atoms with Crippen LogP contribution in [0.1, 0.15) is 44.9 Å². The summed E-state index contributed by atoms with van der Waals surface area (Å²) < 4.78 is 0.181. The molecule has 0 aromatic rings. The highest BCUT2D eigenvalue weighted by molar-refractivity contribution is 8.00. The van der Waals surface area contributed by atoms with Gasteiger partial charge in [-0.05, 0) is 31.9 Å². The minimum Gasteiger partial charge on any atom is -0.480 e. The molecule has 2 rings (SSSR count). The lowest BCUT2D eigenvalue weighted by Crippen LogP contribution is -2.52. The number of amides is 2. The number of carboxylic acid groups (broad SMARTS) is 1. The number of urea groups is 1. The molecule has 0 aliphatic heterocycles.